The minimum atomic E-state index is -4.61. The number of methoxy groups -OCH3 is 1. The molecule has 264 valence electrons. The van der Waals surface area contributed by atoms with Gasteiger partial charge < -0.3 is 14.5 Å². The zero-order chi connectivity index (χ0) is 37.2. The van der Waals surface area contributed by atoms with E-state index in [9.17, 15) is 25.9 Å². The van der Waals surface area contributed by atoms with Gasteiger partial charge in [0.1, 0.15) is 26.9 Å². The van der Waals surface area contributed by atoms with Crippen LogP contribution in [0.1, 0.15) is 38.9 Å². The van der Waals surface area contributed by atoms with Crippen LogP contribution in [0.3, 0.4) is 0 Å². The smallest absolute Gasteiger partial charge is 0.295 e. The molecule has 12 heteroatoms. The maximum absolute atomic E-state index is 12.6. The van der Waals surface area contributed by atoms with Gasteiger partial charge in [-0.15, -0.1) is 0 Å². The third-order valence-electron chi connectivity index (χ3n) is 9.54. The van der Waals surface area contributed by atoms with Crippen LogP contribution in [0.25, 0.3) is 33.4 Å². The van der Waals surface area contributed by atoms with Crippen molar-refractivity contribution >= 4 is 48.3 Å². The molecule has 0 aromatic heterocycles. The van der Waals surface area contributed by atoms with Crippen molar-refractivity contribution in [3.63, 3.8) is 0 Å². The van der Waals surface area contributed by atoms with Crippen molar-refractivity contribution in [3.05, 3.63) is 111 Å². The van der Waals surface area contributed by atoms with Crippen LogP contribution in [0, 0.1) is 48.5 Å². The number of aryl methyl sites for hydroxylation is 2. The van der Waals surface area contributed by atoms with E-state index in [1.54, 1.807) is 63.2 Å². The van der Waals surface area contributed by atoms with E-state index < -0.39 is 20.2 Å². The molecule has 6 rings (SSSR count). The summed E-state index contributed by atoms with van der Waals surface area (Å²) >= 11 is 0. The first-order chi connectivity index (χ1) is 23.9. The van der Waals surface area contributed by atoms with Crippen molar-refractivity contribution in [1.82, 2.24) is 0 Å². The Bertz CT molecular complexity index is 2680. The van der Waals surface area contributed by atoms with Gasteiger partial charge in [-0.05, 0) is 107 Å². The summed E-state index contributed by atoms with van der Waals surface area (Å²) in [4.78, 5) is 4.48. The first-order valence-corrected chi connectivity index (χ1v) is 18.9. The van der Waals surface area contributed by atoms with E-state index in [1.165, 1.54) is 18.7 Å². The van der Waals surface area contributed by atoms with E-state index in [2.05, 4.69) is 25.2 Å². The molecule has 0 unspecified atom stereocenters. The zero-order valence-corrected chi connectivity index (χ0v) is 31.1. The molecule has 51 heavy (non-hydrogen) atoms. The highest BCUT2D eigenvalue weighted by Gasteiger charge is 2.27. The lowest BCUT2D eigenvalue weighted by Crippen LogP contribution is -2.10. The fourth-order valence-corrected chi connectivity index (χ4v) is 8.65. The largest absolute Gasteiger partial charge is 0.496 e. The third-order valence-corrected chi connectivity index (χ3v) is 11.6. The summed E-state index contributed by atoms with van der Waals surface area (Å²) in [7, 11) is -7.78. The van der Waals surface area contributed by atoms with Crippen LogP contribution in [-0.2, 0) is 20.2 Å². The van der Waals surface area contributed by atoms with Crippen LogP contribution in [-0.4, -0.2) is 33.1 Å². The minimum Gasteiger partial charge on any atom is -0.496 e. The first kappa shape index (κ1) is 35.8. The lowest BCUT2D eigenvalue weighted by atomic mass is 9.93. The number of fused-ring (bicyclic) bond motifs is 2. The van der Waals surface area contributed by atoms with Crippen molar-refractivity contribution in [2.75, 3.05) is 12.4 Å². The van der Waals surface area contributed by atoms with Crippen LogP contribution < -0.4 is 15.4 Å². The third kappa shape index (κ3) is 6.40. The summed E-state index contributed by atoms with van der Waals surface area (Å²) < 4.78 is 82.4. The van der Waals surface area contributed by atoms with E-state index in [-0.39, 0.29) is 20.9 Å². The Morgan fingerprint density at radius 1 is 0.706 bits per heavy atom. The molecule has 0 amide bonds. The Morgan fingerprint density at radius 2 is 1.41 bits per heavy atom. The monoisotopic (exact) mass is 726 g/mol. The van der Waals surface area contributed by atoms with Crippen LogP contribution in [0.5, 0.6) is 5.75 Å². The van der Waals surface area contributed by atoms with Crippen molar-refractivity contribution < 1.29 is 35.1 Å². The number of rotatable bonds is 7. The summed E-state index contributed by atoms with van der Waals surface area (Å²) in [6, 6.07) is 19.0. The molecule has 0 saturated carbocycles. The lowest BCUT2D eigenvalue weighted by molar-refractivity contribution is 0.406. The van der Waals surface area contributed by atoms with Gasteiger partial charge in [-0.2, -0.15) is 16.8 Å². The Kier molecular flexibility index (Phi) is 9.09. The molecule has 0 radical (unpaired) electrons. The van der Waals surface area contributed by atoms with Gasteiger partial charge in [0.05, 0.1) is 18.2 Å². The van der Waals surface area contributed by atoms with Gasteiger partial charge >= 0.3 is 0 Å². The Balaban J connectivity index is 1.64. The molecule has 0 atom stereocenters. The summed E-state index contributed by atoms with van der Waals surface area (Å²) in [6.07, 6.45) is 0. The van der Waals surface area contributed by atoms with Crippen LogP contribution in [0.4, 0.5) is 17.1 Å². The molecule has 4 aromatic rings. The SMILES string of the molecule is COc1c(C)c(Nc2ccc3c(-c4ccccc4S(=O)(=O)O)c4ccc(=Nc5c(C)cc(C)c(C)c5C)cc-4oc3c2)c(C)c(S(=O)(=O)O)c1C. The van der Waals surface area contributed by atoms with Crippen LogP contribution in [0.15, 0.2) is 85.9 Å². The molecule has 4 aromatic carbocycles. The van der Waals surface area contributed by atoms with Crippen molar-refractivity contribution in [2.24, 2.45) is 4.99 Å². The van der Waals surface area contributed by atoms with Gasteiger partial charge in [0.2, 0.25) is 0 Å². The van der Waals surface area contributed by atoms with Gasteiger partial charge in [0.15, 0.2) is 0 Å². The summed E-state index contributed by atoms with van der Waals surface area (Å²) in [5, 5.41) is 4.47. The fraction of sp³-hybridized carbons (Fsp3) is 0.205. The van der Waals surface area contributed by atoms with Crippen molar-refractivity contribution in [2.45, 2.75) is 58.3 Å². The van der Waals surface area contributed by atoms with E-state index in [1.807, 2.05) is 26.0 Å². The predicted octanol–water partition coefficient (Wildman–Crippen LogP) is 8.84. The number of hydrogen-bond donors (Lipinski definition) is 3. The average molecular weight is 727 g/mol. The molecule has 0 saturated heterocycles. The molecule has 0 spiro atoms. The van der Waals surface area contributed by atoms with Gasteiger partial charge in [0.25, 0.3) is 20.2 Å². The molecular weight excluding hydrogens is 689 g/mol. The first-order valence-electron chi connectivity index (χ1n) is 16.0. The fourth-order valence-electron chi connectivity index (χ4n) is 6.98. The molecule has 10 nitrogen and oxygen atoms in total. The zero-order valence-electron chi connectivity index (χ0n) is 29.5. The molecule has 1 heterocycles. The predicted molar refractivity (Wildman–Crippen MR) is 199 cm³/mol. The molecule has 0 bridgehead atoms. The maximum Gasteiger partial charge on any atom is 0.295 e. The molecule has 2 aliphatic rings. The highest BCUT2D eigenvalue weighted by molar-refractivity contribution is 7.86. The van der Waals surface area contributed by atoms with Crippen molar-refractivity contribution in [3.8, 4) is 28.2 Å². The number of anilines is 2. The molecule has 3 N–H and O–H groups in total. The van der Waals surface area contributed by atoms with Crippen molar-refractivity contribution in [1.29, 1.82) is 0 Å². The highest BCUT2D eigenvalue weighted by atomic mass is 32.2. The number of benzene rings is 5. The topological polar surface area (TPSA) is 155 Å². The van der Waals surface area contributed by atoms with E-state index >= 15 is 0 Å². The second-order valence-electron chi connectivity index (χ2n) is 12.8. The normalized spacial score (nSPS) is 12.5. The minimum absolute atomic E-state index is 0.251. The number of ether oxygens (including phenoxy) is 1. The number of nitrogens with zero attached hydrogens (tertiary/aromatic N) is 1. The van der Waals surface area contributed by atoms with E-state index in [0.717, 1.165) is 22.4 Å². The van der Waals surface area contributed by atoms with Gasteiger partial charge in [0, 0.05) is 56.7 Å². The van der Waals surface area contributed by atoms with Gasteiger partial charge in [-0.1, -0.05) is 24.3 Å². The molecule has 1 aliphatic heterocycles. The summed E-state index contributed by atoms with van der Waals surface area (Å²) in [5.41, 5.74) is 9.20. The van der Waals surface area contributed by atoms with Crippen LogP contribution in [0.2, 0.25) is 0 Å². The summed E-state index contributed by atoms with van der Waals surface area (Å²) in [5.74, 6) is 0.722. The van der Waals surface area contributed by atoms with Gasteiger partial charge in [-0.25, -0.2) is 4.99 Å². The lowest BCUT2D eigenvalue weighted by Gasteiger charge is -2.21. The number of hydrogen-bond acceptors (Lipinski definition) is 8. The van der Waals surface area contributed by atoms with Gasteiger partial charge in [-0.3, -0.25) is 9.11 Å². The highest BCUT2D eigenvalue weighted by Crippen LogP contribution is 2.44. The quantitative estimate of drug-likeness (QED) is 0.108. The molecule has 1 aliphatic carbocycles. The van der Waals surface area contributed by atoms with E-state index in [4.69, 9.17) is 14.1 Å². The molecular formula is C39H38N2O8S2. The number of nitrogens with one attached hydrogen (secondary N) is 1. The second-order valence-corrected chi connectivity index (χ2v) is 15.5. The average Bonchev–Trinajstić information content (AvgIpc) is 3.05. The van der Waals surface area contributed by atoms with Crippen LogP contribution >= 0.6 is 0 Å². The Morgan fingerprint density at radius 3 is 2.08 bits per heavy atom. The summed E-state index contributed by atoms with van der Waals surface area (Å²) in [6.45, 7) is 13.1. The second kappa shape index (κ2) is 13.0. The van der Waals surface area contributed by atoms with E-state index in [0.29, 0.717) is 61.5 Å². The Labute approximate surface area is 297 Å². The molecule has 0 fully saturated rings. The Hall–Kier alpha value is -5.01. The standard InChI is InChI=1S/C39H38N2O8S2/c1-20-17-21(2)36(23(4)22(20)3)40-27-13-15-29-32(18-27)49-33-19-28(14-16-30(33)35(29)31-11-9-10-12-34(31)50(42,43)44)41-37-24(5)38(48-8)26(7)39(25(37)6)51(45,46)47/h9-19,41H,1-8H3,(H,42,43,44)(H,45,46,47). The maximum atomic E-state index is 12.6.